The summed E-state index contributed by atoms with van der Waals surface area (Å²) in [5.74, 6) is 2.28. The summed E-state index contributed by atoms with van der Waals surface area (Å²) in [4.78, 5) is 20.8. The van der Waals surface area contributed by atoms with Gasteiger partial charge in [0.05, 0.1) is 48.5 Å². The van der Waals surface area contributed by atoms with E-state index in [0.717, 1.165) is 48.3 Å². The molecule has 0 aliphatic carbocycles. The Hall–Kier alpha value is -6.66. The van der Waals surface area contributed by atoms with Crippen LogP contribution in [0.2, 0.25) is 0 Å². The number of rotatable bonds is 11. The summed E-state index contributed by atoms with van der Waals surface area (Å²) in [6.45, 7) is 0. The molecular weight excluding hydrogens is 1040 g/mol. The molecule has 2 unspecified atom stereocenters. The Balaban J connectivity index is 0.000000182. The maximum absolute atomic E-state index is 11.5. The van der Waals surface area contributed by atoms with Crippen LogP contribution in [0.5, 0.6) is 34.5 Å². The normalized spacial score (nSPS) is 15.4. The van der Waals surface area contributed by atoms with Crippen LogP contribution in [0.15, 0.2) is 133 Å². The molecular formula is C48H40Br2Cl2N6O9. The topological polar surface area (TPSA) is 211 Å². The van der Waals surface area contributed by atoms with Crippen LogP contribution in [0.25, 0.3) is 27.1 Å². The second-order valence-corrected chi connectivity index (χ2v) is 17.0. The summed E-state index contributed by atoms with van der Waals surface area (Å²) >= 11 is 18.5. The second kappa shape index (κ2) is 20.1. The highest BCUT2D eigenvalue weighted by Crippen LogP contribution is 2.51. The van der Waals surface area contributed by atoms with Crippen LogP contribution in [0.3, 0.4) is 0 Å². The first-order chi connectivity index (χ1) is 32.4. The van der Waals surface area contributed by atoms with E-state index in [1.165, 1.54) is 0 Å². The van der Waals surface area contributed by atoms with Crippen molar-refractivity contribution < 1.29 is 42.6 Å². The number of aromatic nitrogens is 2. The first-order valence-corrected chi connectivity index (χ1v) is 22.8. The van der Waals surface area contributed by atoms with Crippen LogP contribution < -0.4 is 45.6 Å². The Morgan fingerprint density at radius 2 is 1.24 bits per heavy atom. The molecule has 7 aromatic rings. The van der Waals surface area contributed by atoms with Crippen LogP contribution in [-0.4, -0.2) is 56.3 Å². The van der Waals surface area contributed by atoms with Gasteiger partial charge in [-0.3, -0.25) is 0 Å². The van der Waals surface area contributed by atoms with Crippen molar-refractivity contribution in [1.29, 1.82) is 0 Å². The van der Waals surface area contributed by atoms with E-state index in [0.29, 0.717) is 61.8 Å². The maximum Gasteiger partial charge on any atom is 0.349 e. The number of alkyl halides is 2. The number of amidine groups is 1. The van der Waals surface area contributed by atoms with Crippen molar-refractivity contribution >= 4 is 94.0 Å². The summed E-state index contributed by atoms with van der Waals surface area (Å²) in [5, 5.41) is 11.7. The van der Waals surface area contributed by atoms with Gasteiger partial charge in [0.25, 0.3) is 0 Å². The van der Waals surface area contributed by atoms with Crippen molar-refractivity contribution in [1.82, 2.24) is 10.1 Å². The van der Waals surface area contributed by atoms with Crippen molar-refractivity contribution in [2.24, 2.45) is 22.4 Å². The van der Waals surface area contributed by atoms with Crippen LogP contribution in [-0.2, 0) is 15.5 Å². The van der Waals surface area contributed by atoms with E-state index in [9.17, 15) is 4.79 Å². The largest absolute Gasteiger partial charge is 0.493 e. The Bertz CT molecular complexity index is 3160. The molecule has 0 bridgehead atoms. The highest BCUT2D eigenvalue weighted by atomic mass is 79.9. The molecule has 3 heterocycles. The molecule has 0 radical (unpaired) electrons. The summed E-state index contributed by atoms with van der Waals surface area (Å²) in [7, 11) is 6.29. The van der Waals surface area contributed by atoms with Crippen LogP contribution in [0.4, 0.5) is 0 Å². The lowest BCUT2D eigenvalue weighted by atomic mass is 9.81. The van der Waals surface area contributed by atoms with Gasteiger partial charge in [0.1, 0.15) is 23.3 Å². The summed E-state index contributed by atoms with van der Waals surface area (Å²) in [6, 6.07) is 31.4. The molecule has 6 N–H and O–H groups in total. The molecule has 67 heavy (non-hydrogen) atoms. The molecule has 0 saturated carbocycles. The van der Waals surface area contributed by atoms with E-state index in [-0.39, 0.29) is 35.3 Å². The predicted molar refractivity (Wildman–Crippen MR) is 262 cm³/mol. The van der Waals surface area contributed by atoms with Gasteiger partial charge in [-0.1, -0.05) is 83.1 Å². The van der Waals surface area contributed by atoms with Gasteiger partial charge in [-0.2, -0.15) is 4.98 Å². The van der Waals surface area contributed by atoms with Gasteiger partial charge in [-0.25, -0.2) is 4.79 Å². The average Bonchev–Trinajstić information content (AvgIpc) is 3.83. The fourth-order valence-electron chi connectivity index (χ4n) is 8.13. The number of fused-ring (bicyclic) bond motifs is 6. The number of allylic oxidation sites excluding steroid dienone is 1. The van der Waals surface area contributed by atoms with E-state index in [1.54, 1.807) is 28.4 Å². The van der Waals surface area contributed by atoms with Gasteiger partial charge in [0.15, 0.2) is 40.6 Å². The number of carbonyl (C=O) groups excluding carboxylic acids is 1. The first kappa shape index (κ1) is 46.9. The molecule has 1 aromatic heterocycles. The minimum absolute atomic E-state index is 0.0305. The number of halogens is 4. The number of oxime groups is 1. The standard InChI is InChI=1S/C24H21BrClN3O5.C24H19BrClN3O4/c1-31-17-10-13(9-16(25)22(17)32-2)19-15-8-7-12-5-3-4-6-14(12)21(15)33-24(28)20(19)23(27)29-34-18(30)11-26;1-30-17-10-13(9-16(25)22(17)31-2)19-15-8-7-12-5-3-4-6-14(12)21(15)32-23(27)20(19)24-28-18(11-26)33-29-24/h3-10,19H,11,28H2,1-2H3,(H2,27,29);3-10,19H,11,27H2,1-2H3. The third-order valence-electron chi connectivity index (χ3n) is 11.0. The summed E-state index contributed by atoms with van der Waals surface area (Å²) < 4.78 is 41.0. The average molecular weight is 1080 g/mol. The molecule has 15 nitrogen and oxygen atoms in total. The number of benzene rings is 6. The van der Waals surface area contributed by atoms with E-state index >= 15 is 0 Å². The first-order valence-electron chi connectivity index (χ1n) is 20.1. The van der Waals surface area contributed by atoms with Gasteiger partial charge in [-0.15, -0.1) is 23.2 Å². The molecule has 2 aliphatic rings. The van der Waals surface area contributed by atoms with Gasteiger partial charge in [0.2, 0.25) is 11.7 Å². The zero-order chi connectivity index (χ0) is 47.5. The molecule has 344 valence electrons. The van der Waals surface area contributed by atoms with Crippen LogP contribution >= 0.6 is 55.1 Å². The van der Waals surface area contributed by atoms with E-state index in [4.69, 9.17) is 78.2 Å². The van der Waals surface area contributed by atoms with Gasteiger partial charge < -0.3 is 55.0 Å². The van der Waals surface area contributed by atoms with Crippen molar-refractivity contribution in [3.05, 3.63) is 157 Å². The number of carbonyl (C=O) groups is 1. The van der Waals surface area contributed by atoms with Gasteiger partial charge >= 0.3 is 5.97 Å². The lowest BCUT2D eigenvalue weighted by Gasteiger charge is -2.30. The molecule has 0 amide bonds. The third-order valence-corrected chi connectivity index (χ3v) is 12.6. The Morgan fingerprint density at radius 3 is 1.75 bits per heavy atom. The highest BCUT2D eigenvalue weighted by Gasteiger charge is 2.37. The second-order valence-electron chi connectivity index (χ2n) is 14.7. The third kappa shape index (κ3) is 8.99. The lowest BCUT2D eigenvalue weighted by molar-refractivity contribution is -0.140. The Labute approximate surface area is 410 Å². The number of methoxy groups -OCH3 is 4. The maximum atomic E-state index is 11.5. The molecule has 6 aromatic carbocycles. The highest BCUT2D eigenvalue weighted by molar-refractivity contribution is 9.11. The monoisotopic (exact) mass is 1070 g/mol. The minimum atomic E-state index is -0.752. The van der Waals surface area contributed by atoms with E-state index in [2.05, 4.69) is 53.2 Å². The Kier molecular flexibility index (Phi) is 14.0. The number of nitrogens with zero attached hydrogens (tertiary/aromatic N) is 3. The zero-order valence-corrected chi connectivity index (χ0v) is 40.8. The molecule has 2 aliphatic heterocycles. The smallest absolute Gasteiger partial charge is 0.349 e. The summed E-state index contributed by atoms with van der Waals surface area (Å²) in [5.41, 5.74) is 23.4. The molecule has 0 saturated heterocycles. The Morgan fingerprint density at radius 1 is 0.716 bits per heavy atom. The number of hydrogen-bond acceptors (Lipinski definition) is 14. The van der Waals surface area contributed by atoms with Crippen molar-refractivity contribution in [3.63, 3.8) is 0 Å². The minimum Gasteiger partial charge on any atom is -0.493 e. The van der Waals surface area contributed by atoms with Crippen molar-refractivity contribution in [3.8, 4) is 34.5 Å². The molecule has 0 spiro atoms. The number of nitrogens with two attached hydrogens (primary N) is 3. The SMILES string of the molecule is COc1cc(C2C(/C(N)=N/OC(=O)CCl)=C(N)Oc3c2ccc2ccccc32)cc(Br)c1OC.COc1cc(C2C(c3noc(CCl)n3)=C(N)Oc3c2ccc2ccccc32)cc(Br)c1OC. The van der Waals surface area contributed by atoms with E-state index in [1.807, 2.05) is 91.0 Å². The van der Waals surface area contributed by atoms with Crippen LogP contribution in [0.1, 0.15) is 45.8 Å². The fourth-order valence-corrected chi connectivity index (χ4v) is 9.54. The zero-order valence-electron chi connectivity index (χ0n) is 36.1. The number of ether oxygens (including phenoxy) is 6. The van der Waals surface area contributed by atoms with E-state index < -0.39 is 11.9 Å². The number of hydrogen-bond donors (Lipinski definition) is 3. The van der Waals surface area contributed by atoms with Crippen LogP contribution in [0, 0.1) is 0 Å². The molecule has 19 heteroatoms. The fraction of sp³-hybridized carbons (Fsp3) is 0.167. The molecule has 2 atom stereocenters. The van der Waals surface area contributed by atoms with Crippen molar-refractivity contribution in [2.45, 2.75) is 17.7 Å². The van der Waals surface area contributed by atoms with Gasteiger partial charge in [-0.05, 0) is 78.0 Å². The lowest BCUT2D eigenvalue weighted by Crippen LogP contribution is -2.30. The van der Waals surface area contributed by atoms with Gasteiger partial charge in [0, 0.05) is 33.7 Å². The van der Waals surface area contributed by atoms with Crippen molar-refractivity contribution in [2.75, 3.05) is 34.3 Å². The predicted octanol–water partition coefficient (Wildman–Crippen LogP) is 9.96. The quantitative estimate of drug-likeness (QED) is 0.0362. The molecule has 0 fully saturated rings. The summed E-state index contributed by atoms with van der Waals surface area (Å²) in [6.07, 6.45) is 0. The molecule has 9 rings (SSSR count).